The Labute approximate surface area is 62.7 Å². The average molecular weight is 148 g/mol. The minimum absolute atomic E-state index is 0.107. The Balaban J connectivity index is 3.25. The molecule has 0 unspecified atom stereocenters. The fraction of sp³-hybridized carbons (Fsp3) is 0. The van der Waals surface area contributed by atoms with Gasteiger partial charge in [-0.2, -0.15) is 5.26 Å². The van der Waals surface area contributed by atoms with E-state index in [1.807, 2.05) is 6.07 Å². The molecule has 0 atom stereocenters. The first-order valence-electron chi connectivity index (χ1n) is 2.84. The maximum absolute atomic E-state index is 9.98. The third-order valence-electron chi connectivity index (χ3n) is 1.20. The number of phenolic OH excluding ortho intramolecular Hbond substituents is 1. The number of nitrogens with zero attached hydrogens (tertiary/aromatic N) is 2. The largest absolute Gasteiger partial charge is 0.506 e. The summed E-state index contributed by atoms with van der Waals surface area (Å²) in [6, 6.07) is 5.71. The highest BCUT2D eigenvalue weighted by atomic mass is 16.3. The zero-order valence-corrected chi connectivity index (χ0v) is 5.48. The molecule has 0 bridgehead atoms. The fourth-order valence-corrected chi connectivity index (χ4v) is 0.666. The van der Waals surface area contributed by atoms with E-state index >= 15 is 0 Å². The summed E-state index contributed by atoms with van der Waals surface area (Å²) in [5.41, 5.74) is 0.196. The van der Waals surface area contributed by atoms with Gasteiger partial charge in [0.25, 0.3) is 0 Å². The van der Waals surface area contributed by atoms with Crippen LogP contribution in [0, 0.1) is 16.2 Å². The second-order valence-electron chi connectivity index (χ2n) is 1.91. The van der Waals surface area contributed by atoms with Gasteiger partial charge >= 0.3 is 0 Å². The molecule has 4 nitrogen and oxygen atoms in total. The third-order valence-corrected chi connectivity index (χ3v) is 1.20. The Morgan fingerprint density at radius 1 is 1.55 bits per heavy atom. The molecular formula is C7H4N2O2. The minimum Gasteiger partial charge on any atom is -0.506 e. The van der Waals surface area contributed by atoms with Gasteiger partial charge in [0.2, 0.25) is 0 Å². The Bertz CT molecular complexity index is 328. The van der Waals surface area contributed by atoms with Crippen LogP contribution in [-0.2, 0) is 0 Å². The molecule has 4 heteroatoms. The van der Waals surface area contributed by atoms with Crippen molar-refractivity contribution in [1.29, 1.82) is 5.26 Å². The zero-order chi connectivity index (χ0) is 8.27. The van der Waals surface area contributed by atoms with Crippen LogP contribution in [0.1, 0.15) is 5.56 Å². The van der Waals surface area contributed by atoms with E-state index in [4.69, 9.17) is 10.4 Å². The summed E-state index contributed by atoms with van der Waals surface area (Å²) in [5.74, 6) is -0.209. The number of benzene rings is 1. The SMILES string of the molecule is N#Cc1ccc(O)c(N=O)c1. The molecule has 54 valence electrons. The van der Waals surface area contributed by atoms with E-state index < -0.39 is 0 Å². The van der Waals surface area contributed by atoms with Crippen LogP contribution in [0.25, 0.3) is 0 Å². The summed E-state index contributed by atoms with van der Waals surface area (Å²) in [5, 5.41) is 19.8. The predicted molar refractivity (Wildman–Crippen MR) is 38.3 cm³/mol. The van der Waals surface area contributed by atoms with Gasteiger partial charge in [-0.1, -0.05) is 0 Å². The number of nitriles is 1. The van der Waals surface area contributed by atoms with Crippen LogP contribution in [0.15, 0.2) is 23.4 Å². The number of rotatable bonds is 1. The summed E-state index contributed by atoms with van der Waals surface area (Å²) >= 11 is 0. The monoisotopic (exact) mass is 148 g/mol. The van der Waals surface area contributed by atoms with E-state index in [-0.39, 0.29) is 11.4 Å². The van der Waals surface area contributed by atoms with Crippen molar-refractivity contribution in [3.05, 3.63) is 28.7 Å². The molecular weight excluding hydrogens is 144 g/mol. The van der Waals surface area contributed by atoms with Crippen LogP contribution in [0.3, 0.4) is 0 Å². The van der Waals surface area contributed by atoms with E-state index in [2.05, 4.69) is 5.18 Å². The highest BCUT2D eigenvalue weighted by molar-refractivity contribution is 5.54. The molecule has 0 fully saturated rings. The van der Waals surface area contributed by atoms with Gasteiger partial charge in [0.15, 0.2) is 5.69 Å². The first kappa shape index (κ1) is 7.22. The lowest BCUT2D eigenvalue weighted by molar-refractivity contribution is 0.477. The van der Waals surface area contributed by atoms with Gasteiger partial charge in [-0.05, 0) is 23.4 Å². The summed E-state index contributed by atoms with van der Waals surface area (Å²) in [7, 11) is 0. The smallest absolute Gasteiger partial charge is 0.150 e. The van der Waals surface area contributed by atoms with Crippen molar-refractivity contribution in [2.24, 2.45) is 5.18 Å². The minimum atomic E-state index is -0.209. The standard InChI is InChI=1S/C7H4N2O2/c8-4-5-1-2-7(10)6(3-5)9-11/h1-3,10H. The molecule has 0 heterocycles. The van der Waals surface area contributed by atoms with Crippen molar-refractivity contribution in [3.63, 3.8) is 0 Å². The normalized spacial score (nSPS) is 8.64. The van der Waals surface area contributed by atoms with E-state index in [0.717, 1.165) is 0 Å². The van der Waals surface area contributed by atoms with Crippen LogP contribution in [0.4, 0.5) is 5.69 Å². The topological polar surface area (TPSA) is 73.4 Å². The molecule has 1 rings (SSSR count). The molecule has 11 heavy (non-hydrogen) atoms. The number of hydrogen-bond acceptors (Lipinski definition) is 4. The lowest BCUT2D eigenvalue weighted by Gasteiger charge is -1.93. The number of hydrogen-bond donors (Lipinski definition) is 1. The average Bonchev–Trinajstić information content (AvgIpc) is 2.05. The molecule has 0 spiro atoms. The van der Waals surface area contributed by atoms with Crippen LogP contribution >= 0.6 is 0 Å². The Morgan fingerprint density at radius 3 is 2.82 bits per heavy atom. The summed E-state index contributed by atoms with van der Waals surface area (Å²) in [6.07, 6.45) is 0. The molecule has 0 aliphatic rings. The molecule has 1 N–H and O–H groups in total. The highest BCUT2D eigenvalue weighted by Gasteiger charge is 2.00. The van der Waals surface area contributed by atoms with E-state index in [1.54, 1.807) is 0 Å². The van der Waals surface area contributed by atoms with Crippen molar-refractivity contribution in [3.8, 4) is 11.8 Å². The summed E-state index contributed by atoms with van der Waals surface area (Å²) in [4.78, 5) is 9.98. The Morgan fingerprint density at radius 2 is 2.27 bits per heavy atom. The molecule has 0 aliphatic heterocycles. The van der Waals surface area contributed by atoms with Crippen molar-refractivity contribution in [2.45, 2.75) is 0 Å². The lowest BCUT2D eigenvalue weighted by Crippen LogP contribution is -1.72. The number of phenols is 1. The lowest BCUT2D eigenvalue weighted by atomic mass is 10.2. The van der Waals surface area contributed by atoms with Crippen LogP contribution < -0.4 is 0 Å². The highest BCUT2D eigenvalue weighted by Crippen LogP contribution is 2.26. The molecule has 0 radical (unpaired) electrons. The van der Waals surface area contributed by atoms with Crippen molar-refractivity contribution in [1.82, 2.24) is 0 Å². The zero-order valence-electron chi connectivity index (χ0n) is 5.48. The molecule has 1 aromatic carbocycles. The quantitative estimate of drug-likeness (QED) is 0.615. The molecule has 1 aromatic rings. The third kappa shape index (κ3) is 1.33. The van der Waals surface area contributed by atoms with Gasteiger partial charge < -0.3 is 5.11 Å². The van der Waals surface area contributed by atoms with Gasteiger partial charge in [0.1, 0.15) is 5.75 Å². The Hall–Kier alpha value is -1.89. The van der Waals surface area contributed by atoms with Crippen molar-refractivity contribution >= 4 is 5.69 Å². The van der Waals surface area contributed by atoms with E-state index in [1.165, 1.54) is 18.2 Å². The molecule has 0 saturated carbocycles. The van der Waals surface area contributed by atoms with Gasteiger partial charge in [-0.25, -0.2) is 0 Å². The first-order chi connectivity index (χ1) is 5.27. The van der Waals surface area contributed by atoms with E-state index in [0.29, 0.717) is 5.56 Å². The van der Waals surface area contributed by atoms with E-state index in [9.17, 15) is 4.91 Å². The summed E-state index contributed by atoms with van der Waals surface area (Å²) < 4.78 is 0. The van der Waals surface area contributed by atoms with Crippen LogP contribution in [0.5, 0.6) is 5.75 Å². The van der Waals surface area contributed by atoms with Crippen molar-refractivity contribution in [2.75, 3.05) is 0 Å². The first-order valence-corrected chi connectivity index (χ1v) is 2.84. The predicted octanol–water partition coefficient (Wildman–Crippen LogP) is 1.66. The van der Waals surface area contributed by atoms with Gasteiger partial charge in [-0.3, -0.25) is 0 Å². The molecule has 0 saturated heterocycles. The van der Waals surface area contributed by atoms with Crippen LogP contribution in [0.2, 0.25) is 0 Å². The second-order valence-corrected chi connectivity index (χ2v) is 1.91. The van der Waals surface area contributed by atoms with Gasteiger partial charge in [-0.15, -0.1) is 4.91 Å². The van der Waals surface area contributed by atoms with Crippen molar-refractivity contribution < 1.29 is 5.11 Å². The number of aromatic hydroxyl groups is 1. The molecule has 0 aliphatic carbocycles. The van der Waals surface area contributed by atoms with Gasteiger partial charge in [0.05, 0.1) is 11.6 Å². The summed E-state index contributed by atoms with van der Waals surface area (Å²) in [6.45, 7) is 0. The van der Waals surface area contributed by atoms with Crippen LogP contribution in [-0.4, -0.2) is 5.11 Å². The molecule has 0 amide bonds. The second kappa shape index (κ2) is 2.80. The fourth-order valence-electron chi connectivity index (χ4n) is 0.666. The van der Waals surface area contributed by atoms with Gasteiger partial charge in [0, 0.05) is 0 Å². The maximum atomic E-state index is 9.98. The number of nitroso groups, excluding NO2 is 1. The maximum Gasteiger partial charge on any atom is 0.150 e. The molecule has 0 aromatic heterocycles. The Kier molecular flexibility index (Phi) is 1.83.